The molecule has 6 atom stereocenters. The van der Waals surface area contributed by atoms with Crippen LogP contribution in [0.4, 0.5) is 11.4 Å². The Labute approximate surface area is 197 Å². The number of hydrogen-bond donors (Lipinski definition) is 4. The van der Waals surface area contributed by atoms with Gasteiger partial charge in [0.1, 0.15) is 11.9 Å². The highest BCUT2D eigenvalue weighted by Gasteiger charge is 2.48. The van der Waals surface area contributed by atoms with Crippen LogP contribution in [0.15, 0.2) is 45.3 Å². The normalized spacial score (nSPS) is 34.0. The fourth-order valence-corrected chi connectivity index (χ4v) is 6.64. The Morgan fingerprint density at radius 3 is 2.91 bits per heavy atom. The Balaban J connectivity index is 1.26. The average molecular weight is 483 g/mol. The minimum atomic E-state index is -3.30. The summed E-state index contributed by atoms with van der Waals surface area (Å²) in [5.74, 6) is 0.877. The maximum Gasteiger partial charge on any atom is 0.232 e. The van der Waals surface area contributed by atoms with Gasteiger partial charge in [-0.15, -0.1) is 0 Å². The number of primary amides is 1. The number of hydrogen-bond acceptors (Lipinski definition) is 8. The van der Waals surface area contributed by atoms with Crippen LogP contribution in [-0.2, 0) is 21.2 Å². The molecular weight excluding hydrogens is 456 g/mol. The van der Waals surface area contributed by atoms with Crippen molar-refractivity contribution in [2.75, 3.05) is 22.4 Å². The molecule has 178 valence electrons. The molecule has 1 aromatic carbocycles. The van der Waals surface area contributed by atoms with E-state index in [9.17, 15) is 13.2 Å². The fraction of sp³-hybridized carbons (Fsp3) is 0.455. The van der Waals surface area contributed by atoms with Crippen molar-refractivity contribution in [1.29, 1.82) is 0 Å². The minimum Gasteiger partial charge on any atom is -0.369 e. The predicted octanol–water partition coefficient (Wildman–Crippen LogP) is -0.219. The third kappa shape index (κ3) is 3.44. The number of aliphatic imine (C=N–C) groups is 3. The Morgan fingerprint density at radius 1 is 1.29 bits per heavy atom. The monoisotopic (exact) mass is 482 g/mol. The van der Waals surface area contributed by atoms with Gasteiger partial charge in [-0.2, -0.15) is 0 Å². The predicted molar refractivity (Wildman–Crippen MR) is 130 cm³/mol. The number of nitrogens with one attached hydrogen (secondary N) is 3. The first-order valence-electron chi connectivity index (χ1n) is 11.3. The summed E-state index contributed by atoms with van der Waals surface area (Å²) in [6, 6.07) is 5.13. The van der Waals surface area contributed by atoms with Gasteiger partial charge in [0, 0.05) is 18.2 Å². The molecule has 0 spiro atoms. The number of fused-ring (bicyclic) bond motifs is 4. The summed E-state index contributed by atoms with van der Waals surface area (Å²) >= 11 is 0. The molecule has 6 rings (SSSR count). The summed E-state index contributed by atoms with van der Waals surface area (Å²) in [6.07, 6.45) is 8.23. The van der Waals surface area contributed by atoms with Gasteiger partial charge in [-0.25, -0.2) is 18.4 Å². The molecule has 2 aliphatic carbocycles. The number of guanidine groups is 1. The molecule has 1 aromatic rings. The van der Waals surface area contributed by atoms with Gasteiger partial charge < -0.3 is 21.7 Å². The summed E-state index contributed by atoms with van der Waals surface area (Å²) < 4.78 is 25.4. The van der Waals surface area contributed by atoms with E-state index in [1.54, 1.807) is 12.4 Å². The van der Waals surface area contributed by atoms with Gasteiger partial charge >= 0.3 is 0 Å². The molecule has 2 bridgehead atoms. The van der Waals surface area contributed by atoms with Gasteiger partial charge in [-0.3, -0.25) is 14.1 Å². The maximum atomic E-state index is 12.1. The van der Waals surface area contributed by atoms with Crippen molar-refractivity contribution in [2.24, 2.45) is 38.5 Å². The lowest BCUT2D eigenvalue weighted by molar-refractivity contribution is -0.122. The molecule has 0 saturated heterocycles. The van der Waals surface area contributed by atoms with E-state index in [1.165, 1.54) is 10.6 Å². The quantitative estimate of drug-likeness (QED) is 0.435. The van der Waals surface area contributed by atoms with Gasteiger partial charge in [0.05, 0.1) is 30.2 Å². The zero-order valence-electron chi connectivity index (χ0n) is 18.5. The second-order valence-corrected chi connectivity index (χ2v) is 11.3. The van der Waals surface area contributed by atoms with Crippen LogP contribution in [0.5, 0.6) is 0 Å². The van der Waals surface area contributed by atoms with Crippen LogP contribution in [-0.4, -0.2) is 63.5 Å². The van der Waals surface area contributed by atoms with E-state index in [0.29, 0.717) is 30.4 Å². The molecule has 34 heavy (non-hydrogen) atoms. The van der Waals surface area contributed by atoms with E-state index < -0.39 is 10.0 Å². The van der Waals surface area contributed by atoms with Gasteiger partial charge in [0.15, 0.2) is 6.17 Å². The molecule has 1 amide bonds. The van der Waals surface area contributed by atoms with Crippen molar-refractivity contribution in [2.45, 2.75) is 31.1 Å². The fourth-order valence-electron chi connectivity index (χ4n) is 5.68. The maximum absolute atomic E-state index is 12.1. The van der Waals surface area contributed by atoms with E-state index >= 15 is 0 Å². The zero-order valence-corrected chi connectivity index (χ0v) is 19.4. The summed E-state index contributed by atoms with van der Waals surface area (Å²) in [5.41, 5.74) is 8.16. The molecule has 0 aromatic heterocycles. The lowest BCUT2D eigenvalue weighted by Crippen LogP contribution is -2.55. The third-order valence-corrected chi connectivity index (χ3v) is 8.39. The molecule has 3 heterocycles. The Hall–Kier alpha value is -3.41. The van der Waals surface area contributed by atoms with Crippen LogP contribution in [0, 0.1) is 17.8 Å². The summed E-state index contributed by atoms with van der Waals surface area (Å²) in [4.78, 5) is 26.2. The molecule has 0 radical (unpaired) electrons. The zero-order chi connectivity index (χ0) is 23.6. The van der Waals surface area contributed by atoms with E-state index in [0.717, 1.165) is 17.7 Å². The van der Waals surface area contributed by atoms with Crippen LogP contribution in [0.3, 0.4) is 0 Å². The van der Waals surface area contributed by atoms with Gasteiger partial charge in [0.2, 0.25) is 21.9 Å². The average Bonchev–Trinajstić information content (AvgIpc) is 3.55. The number of nitrogens with two attached hydrogens (primary N) is 1. The summed E-state index contributed by atoms with van der Waals surface area (Å²) in [5, 5.41) is 9.76. The molecule has 6 unspecified atom stereocenters. The van der Waals surface area contributed by atoms with Crippen LogP contribution in [0.25, 0.3) is 0 Å². The number of anilines is 2. The summed E-state index contributed by atoms with van der Waals surface area (Å²) in [6.45, 7) is 0.441. The Kier molecular flexibility index (Phi) is 4.70. The summed E-state index contributed by atoms with van der Waals surface area (Å²) in [7, 11) is -3.30. The van der Waals surface area contributed by atoms with Crippen molar-refractivity contribution in [3.8, 4) is 0 Å². The number of nitrogens with zero attached hydrogens (tertiary/aromatic N) is 4. The number of amidine groups is 1. The molecule has 1 saturated carbocycles. The lowest BCUT2D eigenvalue weighted by atomic mass is 9.88. The first kappa shape index (κ1) is 21.1. The minimum absolute atomic E-state index is 0.146. The van der Waals surface area contributed by atoms with Gasteiger partial charge in [-0.1, -0.05) is 12.2 Å². The molecule has 5 aliphatic rings. The first-order valence-corrected chi connectivity index (χ1v) is 13.2. The van der Waals surface area contributed by atoms with Gasteiger partial charge in [-0.05, 0) is 42.5 Å². The number of carbonyl (C=O) groups excluding carboxylic acids is 1. The highest BCUT2D eigenvalue weighted by atomic mass is 32.2. The van der Waals surface area contributed by atoms with E-state index in [1.807, 2.05) is 12.1 Å². The molecular formula is C22H26N8O3S. The van der Waals surface area contributed by atoms with E-state index in [4.69, 9.17) is 10.7 Å². The number of sulfonamides is 1. The number of rotatable bonds is 4. The van der Waals surface area contributed by atoms with Crippen LogP contribution in [0.1, 0.15) is 12.0 Å². The third-order valence-electron chi connectivity index (χ3n) is 7.21. The SMILES string of the molecule is CS(=O)(=O)N1CCc2cc(NC3=NC4N=CNC4C(=NC4C5C=CC(C5)C4C(N)=O)N3)ccc21. The second kappa shape index (κ2) is 7.55. The topological polar surface area (TPSA) is 154 Å². The highest BCUT2D eigenvalue weighted by Crippen LogP contribution is 2.45. The van der Waals surface area contributed by atoms with Crippen LogP contribution < -0.4 is 26.0 Å². The van der Waals surface area contributed by atoms with Crippen LogP contribution >= 0.6 is 0 Å². The number of carbonyl (C=O) groups is 1. The largest absolute Gasteiger partial charge is 0.369 e. The number of amides is 1. The standard InChI is InChI=1S/C22H26N8O3S/c1-34(32,33)30-7-6-11-9-14(4-5-15(11)30)26-22-28-20-18(24-10-25-20)21(29-22)27-17-13-3-2-12(8-13)16(17)19(23)31/h2-5,9-10,12-13,16-18,20H,6-8H2,1H3,(H2,23,31)(H,24,25)(H2,26,27,28,29). The number of allylic oxidation sites excluding steroid dienone is 1. The van der Waals surface area contributed by atoms with Crippen LogP contribution in [0.2, 0.25) is 0 Å². The first-order chi connectivity index (χ1) is 16.3. The molecule has 3 aliphatic heterocycles. The molecule has 12 heteroatoms. The van der Waals surface area contributed by atoms with Crippen molar-refractivity contribution in [3.63, 3.8) is 0 Å². The molecule has 11 nitrogen and oxygen atoms in total. The van der Waals surface area contributed by atoms with Gasteiger partial charge in [0.25, 0.3) is 0 Å². The lowest BCUT2D eigenvalue weighted by Gasteiger charge is -2.29. The van der Waals surface area contributed by atoms with E-state index in [2.05, 4.69) is 38.1 Å². The van der Waals surface area contributed by atoms with Crippen molar-refractivity contribution in [1.82, 2.24) is 10.6 Å². The smallest absolute Gasteiger partial charge is 0.232 e. The van der Waals surface area contributed by atoms with Crippen molar-refractivity contribution in [3.05, 3.63) is 35.9 Å². The molecule has 1 fully saturated rings. The Morgan fingerprint density at radius 2 is 2.12 bits per heavy atom. The highest BCUT2D eigenvalue weighted by molar-refractivity contribution is 7.92. The molecule has 5 N–H and O–H groups in total. The second-order valence-electron chi connectivity index (χ2n) is 9.37. The van der Waals surface area contributed by atoms with Crippen molar-refractivity contribution >= 4 is 45.4 Å². The Bertz CT molecular complexity index is 1290. The number of benzene rings is 1. The van der Waals surface area contributed by atoms with E-state index in [-0.39, 0.29) is 41.9 Å². The van der Waals surface area contributed by atoms with Crippen molar-refractivity contribution < 1.29 is 13.2 Å².